The van der Waals surface area contributed by atoms with Crippen molar-refractivity contribution in [2.75, 3.05) is 0 Å². The van der Waals surface area contributed by atoms with Crippen LogP contribution in [0, 0.1) is 0 Å². The first-order valence-corrected chi connectivity index (χ1v) is 7.20. The van der Waals surface area contributed by atoms with E-state index in [1.807, 2.05) is 60.7 Å². The molecular weight excluding hydrogens is 268 g/mol. The third-order valence-corrected chi connectivity index (χ3v) is 3.84. The van der Waals surface area contributed by atoms with E-state index in [0.29, 0.717) is 5.57 Å². The molecule has 2 aromatic rings. The van der Waals surface area contributed by atoms with Crippen LogP contribution in [-0.2, 0) is 4.79 Å². The second kappa shape index (κ2) is 7.08. The zero-order chi connectivity index (χ0) is 14.4. The molecule has 102 valence electrons. The third-order valence-electron chi connectivity index (χ3n) is 2.91. The van der Waals surface area contributed by atoms with Crippen LogP contribution in [0.25, 0.3) is 0 Å². The Balaban J connectivity index is 2.15. The van der Waals surface area contributed by atoms with Gasteiger partial charge in [0.2, 0.25) is 5.12 Å². The molecule has 0 aliphatic heterocycles. The van der Waals surface area contributed by atoms with Crippen LogP contribution in [0.5, 0.6) is 0 Å². The predicted octanol–water partition coefficient (Wildman–Crippen LogP) is 3.99. The fourth-order valence-corrected chi connectivity index (χ4v) is 2.71. The average Bonchev–Trinajstić information content (AvgIpc) is 2.49. The lowest BCUT2D eigenvalue weighted by Gasteiger charge is -2.13. The predicted molar refractivity (Wildman–Crippen MR) is 82.5 cm³/mol. The SMILES string of the molecule is C/C=C(\C(=O)Sc1ccccc1)C(O)c1ccccc1. The molecule has 1 N–H and O–H groups in total. The number of benzene rings is 2. The van der Waals surface area contributed by atoms with E-state index in [1.54, 1.807) is 13.0 Å². The summed E-state index contributed by atoms with van der Waals surface area (Å²) in [6, 6.07) is 18.6. The zero-order valence-electron chi connectivity index (χ0n) is 11.2. The molecule has 3 heteroatoms. The van der Waals surface area contributed by atoms with Gasteiger partial charge in [-0.05, 0) is 36.4 Å². The van der Waals surface area contributed by atoms with E-state index < -0.39 is 6.10 Å². The van der Waals surface area contributed by atoms with Gasteiger partial charge in [-0.1, -0.05) is 54.6 Å². The van der Waals surface area contributed by atoms with E-state index in [1.165, 1.54) is 0 Å². The normalized spacial score (nSPS) is 13.0. The lowest BCUT2D eigenvalue weighted by molar-refractivity contribution is -0.108. The van der Waals surface area contributed by atoms with Gasteiger partial charge in [-0.25, -0.2) is 0 Å². The Kier molecular flexibility index (Phi) is 5.16. The van der Waals surface area contributed by atoms with Crippen molar-refractivity contribution in [2.45, 2.75) is 17.9 Å². The Bertz CT molecular complexity index is 591. The highest BCUT2D eigenvalue weighted by atomic mass is 32.2. The van der Waals surface area contributed by atoms with Crippen LogP contribution in [0.2, 0.25) is 0 Å². The largest absolute Gasteiger partial charge is 0.384 e. The second-order valence-electron chi connectivity index (χ2n) is 4.26. The Morgan fingerprint density at radius 3 is 2.15 bits per heavy atom. The number of rotatable bonds is 4. The molecule has 2 rings (SSSR count). The molecule has 0 heterocycles. The Hall–Kier alpha value is -1.84. The number of aliphatic hydroxyl groups excluding tert-OH is 1. The summed E-state index contributed by atoms with van der Waals surface area (Å²) in [4.78, 5) is 13.2. The molecule has 0 aromatic heterocycles. The van der Waals surface area contributed by atoms with E-state index in [-0.39, 0.29) is 5.12 Å². The summed E-state index contributed by atoms with van der Waals surface area (Å²) < 4.78 is 0. The topological polar surface area (TPSA) is 37.3 Å². The van der Waals surface area contributed by atoms with Gasteiger partial charge < -0.3 is 5.11 Å². The van der Waals surface area contributed by atoms with Crippen molar-refractivity contribution in [2.24, 2.45) is 0 Å². The van der Waals surface area contributed by atoms with Crippen LogP contribution in [0.4, 0.5) is 0 Å². The van der Waals surface area contributed by atoms with Gasteiger partial charge in [-0.2, -0.15) is 0 Å². The minimum Gasteiger partial charge on any atom is -0.384 e. The molecule has 0 aliphatic carbocycles. The lowest BCUT2D eigenvalue weighted by atomic mass is 10.0. The average molecular weight is 284 g/mol. The molecule has 2 nitrogen and oxygen atoms in total. The van der Waals surface area contributed by atoms with Crippen molar-refractivity contribution in [1.82, 2.24) is 0 Å². The molecule has 0 spiro atoms. The number of thioether (sulfide) groups is 1. The molecule has 0 fully saturated rings. The van der Waals surface area contributed by atoms with Crippen molar-refractivity contribution in [3.63, 3.8) is 0 Å². The van der Waals surface area contributed by atoms with Gasteiger partial charge in [0, 0.05) is 10.5 Å². The smallest absolute Gasteiger partial charge is 0.222 e. The second-order valence-corrected chi connectivity index (χ2v) is 5.31. The summed E-state index contributed by atoms with van der Waals surface area (Å²) in [5, 5.41) is 10.2. The van der Waals surface area contributed by atoms with Gasteiger partial charge in [-0.15, -0.1) is 0 Å². The number of carbonyl (C=O) groups excluding carboxylic acids is 1. The molecule has 2 aromatic carbocycles. The summed E-state index contributed by atoms with van der Waals surface area (Å²) in [7, 11) is 0. The quantitative estimate of drug-likeness (QED) is 0.681. The van der Waals surface area contributed by atoms with Gasteiger partial charge in [0.1, 0.15) is 6.10 Å². The maximum atomic E-state index is 12.3. The van der Waals surface area contributed by atoms with Crippen LogP contribution < -0.4 is 0 Å². The van der Waals surface area contributed by atoms with E-state index in [0.717, 1.165) is 22.2 Å². The number of aliphatic hydroxyl groups is 1. The van der Waals surface area contributed by atoms with E-state index in [4.69, 9.17) is 0 Å². The summed E-state index contributed by atoms with van der Waals surface area (Å²) in [6.07, 6.45) is 0.792. The number of allylic oxidation sites excluding steroid dienone is 1. The summed E-state index contributed by atoms with van der Waals surface area (Å²) in [5.41, 5.74) is 1.13. The Morgan fingerprint density at radius 2 is 1.60 bits per heavy atom. The standard InChI is InChI=1S/C17H16O2S/c1-2-15(16(18)13-9-5-3-6-10-13)17(19)20-14-11-7-4-8-12-14/h2-12,16,18H,1H3/b15-2-. The van der Waals surface area contributed by atoms with Gasteiger partial charge in [0.25, 0.3) is 0 Å². The number of hydrogen-bond donors (Lipinski definition) is 1. The molecule has 0 saturated heterocycles. The molecule has 0 saturated carbocycles. The van der Waals surface area contributed by atoms with E-state index in [2.05, 4.69) is 0 Å². The van der Waals surface area contributed by atoms with Crippen molar-refractivity contribution in [3.05, 3.63) is 77.9 Å². The Labute approximate surface area is 123 Å². The first kappa shape index (κ1) is 14.6. The fraction of sp³-hybridized carbons (Fsp3) is 0.118. The monoisotopic (exact) mass is 284 g/mol. The molecule has 20 heavy (non-hydrogen) atoms. The van der Waals surface area contributed by atoms with Crippen molar-refractivity contribution < 1.29 is 9.90 Å². The lowest BCUT2D eigenvalue weighted by Crippen LogP contribution is -2.08. The minimum atomic E-state index is -0.884. The molecule has 0 aliphatic rings. The Morgan fingerprint density at radius 1 is 1.05 bits per heavy atom. The van der Waals surface area contributed by atoms with Crippen LogP contribution in [-0.4, -0.2) is 10.2 Å². The zero-order valence-corrected chi connectivity index (χ0v) is 12.0. The number of carbonyl (C=O) groups is 1. The minimum absolute atomic E-state index is 0.130. The summed E-state index contributed by atoms with van der Waals surface area (Å²) >= 11 is 1.13. The van der Waals surface area contributed by atoms with Crippen LogP contribution in [0.15, 0.2) is 77.2 Å². The first-order chi connectivity index (χ1) is 9.72. The highest BCUT2D eigenvalue weighted by Gasteiger charge is 2.20. The summed E-state index contributed by atoms with van der Waals surface area (Å²) in [5.74, 6) is 0. The van der Waals surface area contributed by atoms with E-state index in [9.17, 15) is 9.90 Å². The highest BCUT2D eigenvalue weighted by Crippen LogP contribution is 2.29. The van der Waals surface area contributed by atoms with Gasteiger partial charge in [0.05, 0.1) is 0 Å². The molecular formula is C17H16O2S. The molecule has 1 unspecified atom stereocenters. The molecule has 0 bridgehead atoms. The van der Waals surface area contributed by atoms with Crippen LogP contribution >= 0.6 is 11.8 Å². The number of hydrogen-bond acceptors (Lipinski definition) is 3. The van der Waals surface area contributed by atoms with Crippen molar-refractivity contribution in [3.8, 4) is 0 Å². The van der Waals surface area contributed by atoms with Crippen LogP contribution in [0.3, 0.4) is 0 Å². The molecule has 0 amide bonds. The molecule has 1 atom stereocenters. The van der Waals surface area contributed by atoms with Crippen molar-refractivity contribution >= 4 is 16.9 Å². The maximum absolute atomic E-state index is 12.3. The van der Waals surface area contributed by atoms with Gasteiger partial charge in [-0.3, -0.25) is 4.79 Å². The first-order valence-electron chi connectivity index (χ1n) is 6.39. The van der Waals surface area contributed by atoms with Crippen molar-refractivity contribution in [1.29, 1.82) is 0 Å². The van der Waals surface area contributed by atoms with Gasteiger partial charge in [0.15, 0.2) is 0 Å². The molecule has 0 radical (unpaired) electrons. The highest BCUT2D eigenvalue weighted by molar-refractivity contribution is 8.14. The van der Waals surface area contributed by atoms with Crippen LogP contribution in [0.1, 0.15) is 18.6 Å². The third kappa shape index (κ3) is 3.59. The van der Waals surface area contributed by atoms with Gasteiger partial charge >= 0.3 is 0 Å². The summed E-state index contributed by atoms with van der Waals surface area (Å²) in [6.45, 7) is 1.77. The fourth-order valence-electron chi connectivity index (χ4n) is 1.86. The maximum Gasteiger partial charge on any atom is 0.222 e. The van der Waals surface area contributed by atoms with E-state index >= 15 is 0 Å².